The van der Waals surface area contributed by atoms with E-state index in [1.54, 1.807) is 30.3 Å². The van der Waals surface area contributed by atoms with Crippen LogP contribution in [0.15, 0.2) is 88.2 Å². The number of hydrogen-bond acceptors (Lipinski definition) is 6. The lowest BCUT2D eigenvalue weighted by Gasteiger charge is -2.21. The van der Waals surface area contributed by atoms with Gasteiger partial charge in [0.1, 0.15) is 16.9 Å². The number of H-pyrrole nitrogens is 1. The van der Waals surface area contributed by atoms with Gasteiger partial charge < -0.3 is 19.8 Å². The van der Waals surface area contributed by atoms with Crippen molar-refractivity contribution < 1.29 is 14.4 Å². The molecule has 5 aromatic rings. The van der Waals surface area contributed by atoms with Crippen LogP contribution < -0.4 is 10.9 Å². The Hall–Kier alpha value is -4.59. The molecule has 8 heteroatoms. The SMILES string of the molecule is O=c1oc2ccccc2c(O)c1C(Nc1ccc2[nH]ccc2c1)c1cccc([N+](=O)[O-])c1. The van der Waals surface area contributed by atoms with E-state index < -0.39 is 16.6 Å². The third-order valence-corrected chi connectivity index (χ3v) is 5.39. The first-order valence-corrected chi connectivity index (χ1v) is 9.84. The Labute approximate surface area is 180 Å². The predicted molar refractivity (Wildman–Crippen MR) is 121 cm³/mol. The molecule has 0 aliphatic carbocycles. The van der Waals surface area contributed by atoms with E-state index in [2.05, 4.69) is 10.3 Å². The van der Waals surface area contributed by atoms with Crippen molar-refractivity contribution in [3.8, 4) is 5.75 Å². The molecule has 0 saturated heterocycles. The molecule has 3 N–H and O–H groups in total. The van der Waals surface area contributed by atoms with Gasteiger partial charge in [-0.25, -0.2) is 4.79 Å². The molecule has 8 nitrogen and oxygen atoms in total. The zero-order chi connectivity index (χ0) is 22.2. The summed E-state index contributed by atoms with van der Waals surface area (Å²) in [6.45, 7) is 0. The maximum absolute atomic E-state index is 12.9. The summed E-state index contributed by atoms with van der Waals surface area (Å²) < 4.78 is 5.45. The van der Waals surface area contributed by atoms with Gasteiger partial charge in [0, 0.05) is 34.9 Å². The number of rotatable bonds is 5. The van der Waals surface area contributed by atoms with E-state index in [0.29, 0.717) is 16.6 Å². The van der Waals surface area contributed by atoms with E-state index in [-0.39, 0.29) is 22.6 Å². The average molecular weight is 427 g/mol. The predicted octanol–water partition coefficient (Wildman–Crippen LogP) is 5.09. The second-order valence-electron chi connectivity index (χ2n) is 7.36. The third-order valence-electron chi connectivity index (χ3n) is 5.39. The van der Waals surface area contributed by atoms with Gasteiger partial charge in [-0.15, -0.1) is 0 Å². The molecule has 0 radical (unpaired) electrons. The quantitative estimate of drug-likeness (QED) is 0.204. The normalized spacial score (nSPS) is 12.1. The van der Waals surface area contributed by atoms with Crippen molar-refractivity contribution in [2.75, 3.05) is 5.32 Å². The zero-order valence-corrected chi connectivity index (χ0v) is 16.6. The van der Waals surface area contributed by atoms with Gasteiger partial charge in [-0.1, -0.05) is 24.3 Å². The summed E-state index contributed by atoms with van der Waals surface area (Å²) in [6.07, 6.45) is 1.82. The Morgan fingerprint density at radius 3 is 2.72 bits per heavy atom. The first kappa shape index (κ1) is 19.4. The number of para-hydroxylation sites is 1. The molecule has 1 unspecified atom stereocenters. The summed E-state index contributed by atoms with van der Waals surface area (Å²) in [5.41, 5.74) is 1.42. The van der Waals surface area contributed by atoms with Crippen LogP contribution in [0.5, 0.6) is 5.75 Å². The number of nitro benzene ring substituents is 1. The van der Waals surface area contributed by atoms with Crippen LogP contribution in [0.1, 0.15) is 17.2 Å². The summed E-state index contributed by atoms with van der Waals surface area (Å²) in [5.74, 6) is -0.233. The number of aromatic nitrogens is 1. The standard InChI is InChI=1S/C24H17N3O5/c28-23-18-6-1-2-7-20(18)32-24(29)21(23)22(15-4-3-5-17(13-15)27(30)31)26-16-8-9-19-14(12-16)10-11-25-19/h1-13,22,25-26,28H. The van der Waals surface area contributed by atoms with E-state index in [1.807, 2.05) is 30.5 Å². The molecular weight excluding hydrogens is 410 g/mol. The lowest BCUT2D eigenvalue weighted by molar-refractivity contribution is -0.384. The van der Waals surface area contributed by atoms with Crippen molar-refractivity contribution in [1.82, 2.24) is 4.98 Å². The molecule has 0 amide bonds. The van der Waals surface area contributed by atoms with E-state index in [4.69, 9.17) is 4.42 Å². The monoisotopic (exact) mass is 427 g/mol. The van der Waals surface area contributed by atoms with E-state index in [9.17, 15) is 20.0 Å². The zero-order valence-electron chi connectivity index (χ0n) is 16.6. The van der Waals surface area contributed by atoms with E-state index in [0.717, 1.165) is 10.9 Å². The highest BCUT2D eigenvalue weighted by molar-refractivity contribution is 5.85. The van der Waals surface area contributed by atoms with Crippen LogP contribution in [-0.4, -0.2) is 15.0 Å². The molecule has 2 aromatic heterocycles. The molecular formula is C24H17N3O5. The number of nitrogens with zero attached hydrogens (tertiary/aromatic N) is 1. The molecule has 32 heavy (non-hydrogen) atoms. The van der Waals surface area contributed by atoms with Gasteiger partial charge >= 0.3 is 5.63 Å². The smallest absolute Gasteiger partial charge is 0.345 e. The van der Waals surface area contributed by atoms with Crippen molar-refractivity contribution in [2.45, 2.75) is 6.04 Å². The number of non-ortho nitro benzene ring substituents is 1. The molecule has 0 spiro atoms. The largest absolute Gasteiger partial charge is 0.507 e. The van der Waals surface area contributed by atoms with Gasteiger partial charge in [0.25, 0.3) is 5.69 Å². The van der Waals surface area contributed by atoms with Gasteiger partial charge in [-0.3, -0.25) is 10.1 Å². The number of nitrogens with one attached hydrogen (secondary N) is 2. The van der Waals surface area contributed by atoms with Gasteiger partial charge in [0.15, 0.2) is 0 Å². The highest BCUT2D eigenvalue weighted by Gasteiger charge is 2.26. The molecule has 2 heterocycles. The number of nitro groups is 1. The fourth-order valence-electron chi connectivity index (χ4n) is 3.85. The summed E-state index contributed by atoms with van der Waals surface area (Å²) in [6, 6.07) is 19.2. The van der Waals surface area contributed by atoms with Crippen molar-refractivity contribution in [1.29, 1.82) is 0 Å². The van der Waals surface area contributed by atoms with Crippen LogP contribution in [0.2, 0.25) is 0 Å². The lowest BCUT2D eigenvalue weighted by Crippen LogP contribution is -2.20. The lowest BCUT2D eigenvalue weighted by atomic mass is 9.97. The van der Waals surface area contributed by atoms with Crippen LogP contribution >= 0.6 is 0 Å². The Morgan fingerprint density at radius 2 is 1.88 bits per heavy atom. The topological polar surface area (TPSA) is 121 Å². The number of hydrogen-bond donors (Lipinski definition) is 3. The minimum atomic E-state index is -0.896. The fourth-order valence-corrected chi connectivity index (χ4v) is 3.85. The third kappa shape index (κ3) is 3.33. The second kappa shape index (κ2) is 7.59. The number of fused-ring (bicyclic) bond motifs is 2. The molecule has 0 aliphatic rings. The Morgan fingerprint density at radius 1 is 1.03 bits per heavy atom. The van der Waals surface area contributed by atoms with Crippen molar-refractivity contribution in [2.24, 2.45) is 0 Å². The highest BCUT2D eigenvalue weighted by Crippen LogP contribution is 2.36. The molecule has 1 atom stereocenters. The van der Waals surface area contributed by atoms with E-state index >= 15 is 0 Å². The molecule has 0 saturated carbocycles. The van der Waals surface area contributed by atoms with Crippen LogP contribution in [0.4, 0.5) is 11.4 Å². The maximum atomic E-state index is 12.9. The summed E-state index contributed by atoms with van der Waals surface area (Å²) in [7, 11) is 0. The van der Waals surface area contributed by atoms with Crippen molar-refractivity contribution in [3.05, 3.63) is 111 Å². The highest BCUT2D eigenvalue weighted by atomic mass is 16.6. The molecule has 0 aliphatic heterocycles. The number of anilines is 1. The fraction of sp³-hybridized carbons (Fsp3) is 0.0417. The number of aromatic hydroxyl groups is 1. The summed E-state index contributed by atoms with van der Waals surface area (Å²) in [5, 5.41) is 26.9. The van der Waals surface area contributed by atoms with Crippen LogP contribution in [-0.2, 0) is 0 Å². The second-order valence-corrected chi connectivity index (χ2v) is 7.36. The van der Waals surface area contributed by atoms with Crippen LogP contribution in [0, 0.1) is 10.1 Å². The van der Waals surface area contributed by atoms with E-state index in [1.165, 1.54) is 18.2 Å². The Bertz CT molecular complexity index is 1540. The van der Waals surface area contributed by atoms with Gasteiger partial charge in [0.2, 0.25) is 0 Å². The first-order valence-electron chi connectivity index (χ1n) is 9.84. The minimum Gasteiger partial charge on any atom is -0.507 e. The van der Waals surface area contributed by atoms with Gasteiger partial charge in [-0.2, -0.15) is 0 Å². The van der Waals surface area contributed by atoms with Crippen LogP contribution in [0.25, 0.3) is 21.9 Å². The maximum Gasteiger partial charge on any atom is 0.345 e. The average Bonchev–Trinajstić information content (AvgIpc) is 3.26. The Balaban J connectivity index is 1.71. The van der Waals surface area contributed by atoms with Gasteiger partial charge in [0.05, 0.1) is 16.4 Å². The molecule has 5 rings (SSSR count). The molecule has 0 fully saturated rings. The number of benzene rings is 3. The first-order chi connectivity index (χ1) is 15.5. The Kier molecular flexibility index (Phi) is 4.59. The van der Waals surface area contributed by atoms with Gasteiger partial charge in [-0.05, 0) is 42.0 Å². The minimum absolute atomic E-state index is 0.0293. The van der Waals surface area contributed by atoms with Crippen molar-refractivity contribution in [3.63, 3.8) is 0 Å². The summed E-state index contributed by atoms with van der Waals surface area (Å²) >= 11 is 0. The summed E-state index contributed by atoms with van der Waals surface area (Å²) in [4.78, 5) is 26.9. The number of aromatic amines is 1. The molecule has 158 valence electrons. The molecule has 3 aromatic carbocycles. The van der Waals surface area contributed by atoms with Crippen LogP contribution in [0.3, 0.4) is 0 Å². The van der Waals surface area contributed by atoms with Crippen molar-refractivity contribution >= 4 is 33.2 Å². The molecule has 0 bridgehead atoms.